The summed E-state index contributed by atoms with van der Waals surface area (Å²) in [7, 11) is 1.35. The molecule has 0 aliphatic heterocycles. The first kappa shape index (κ1) is 6.22. The smallest absolute Gasteiger partial charge is 0.00346 e. The predicted molar refractivity (Wildman–Crippen MR) is 34.2 cm³/mol. The number of rotatable bonds is 0. The van der Waals surface area contributed by atoms with Gasteiger partial charge in [-0.25, -0.2) is 0 Å². The molecule has 0 fully saturated rings. The van der Waals surface area contributed by atoms with E-state index >= 15 is 0 Å². The molecule has 0 atom stereocenters. The molecule has 0 radical (unpaired) electrons. The van der Waals surface area contributed by atoms with E-state index in [1.807, 2.05) is 0 Å². The summed E-state index contributed by atoms with van der Waals surface area (Å²) in [5.41, 5.74) is 0.603. The zero-order valence-electron chi connectivity index (χ0n) is 5.21. The molecule has 0 aliphatic rings. The van der Waals surface area contributed by atoms with E-state index in [2.05, 4.69) is 20.8 Å². The van der Waals surface area contributed by atoms with E-state index in [1.54, 1.807) is 0 Å². The maximum atomic E-state index is 2.28. The summed E-state index contributed by atoms with van der Waals surface area (Å²) in [6, 6.07) is 1.41. The van der Waals surface area contributed by atoms with E-state index in [0.717, 1.165) is 0 Å². The van der Waals surface area contributed by atoms with Crippen molar-refractivity contribution in [2.75, 3.05) is 0 Å². The van der Waals surface area contributed by atoms with Gasteiger partial charge >= 0.3 is 0 Å². The Bertz CT molecular complexity index is 33.7. The zero-order valence-corrected chi connectivity index (χ0v) is 7.21. The maximum absolute atomic E-state index is 2.28. The minimum absolute atomic E-state index is 0.603. The van der Waals surface area contributed by atoms with Gasteiger partial charge < -0.3 is 0 Å². The summed E-state index contributed by atoms with van der Waals surface area (Å²) in [6.45, 7) is 6.83. The fourth-order valence-corrected chi connectivity index (χ4v) is 0. The minimum Gasteiger partial charge on any atom is -0.0611 e. The van der Waals surface area contributed by atoms with Crippen molar-refractivity contribution in [2.45, 2.75) is 26.8 Å². The Balaban J connectivity index is 3.17. The van der Waals surface area contributed by atoms with Crippen molar-refractivity contribution in [3.63, 3.8) is 0 Å². The fraction of sp³-hybridized carbons (Fsp3) is 1.00. The molecule has 0 saturated carbocycles. The standard InChI is InChI=1S/C5H14Si/c1-5(2,3)4-6/h4H2,1-3,6H3. The Morgan fingerprint density at radius 1 is 1.33 bits per heavy atom. The molecule has 6 heavy (non-hydrogen) atoms. The highest BCUT2D eigenvalue weighted by molar-refractivity contribution is 6.08. The lowest BCUT2D eigenvalue weighted by Gasteiger charge is -2.12. The topological polar surface area (TPSA) is 0 Å². The minimum atomic E-state index is 0.603. The lowest BCUT2D eigenvalue weighted by molar-refractivity contribution is 0.469. The van der Waals surface area contributed by atoms with Crippen LogP contribution in [0.15, 0.2) is 0 Å². The molecule has 0 aromatic rings. The number of hydrogen-bond acceptors (Lipinski definition) is 0. The monoisotopic (exact) mass is 102 g/mol. The highest BCUT2D eigenvalue weighted by atomic mass is 28.1. The molecule has 0 nitrogen and oxygen atoms in total. The van der Waals surface area contributed by atoms with Crippen molar-refractivity contribution in [1.82, 2.24) is 0 Å². The third-order valence-electron chi connectivity index (χ3n) is 1.06. The van der Waals surface area contributed by atoms with Gasteiger partial charge in [-0.2, -0.15) is 0 Å². The Kier molecular flexibility index (Phi) is 1.85. The second kappa shape index (κ2) is 1.78. The van der Waals surface area contributed by atoms with E-state index in [9.17, 15) is 0 Å². The van der Waals surface area contributed by atoms with Gasteiger partial charge in [0, 0.05) is 10.2 Å². The van der Waals surface area contributed by atoms with Gasteiger partial charge in [0.05, 0.1) is 0 Å². The van der Waals surface area contributed by atoms with Crippen LogP contribution in [0.2, 0.25) is 6.04 Å². The summed E-state index contributed by atoms with van der Waals surface area (Å²) >= 11 is 0. The van der Waals surface area contributed by atoms with Crippen molar-refractivity contribution >= 4 is 10.2 Å². The van der Waals surface area contributed by atoms with Crippen molar-refractivity contribution < 1.29 is 0 Å². The van der Waals surface area contributed by atoms with Gasteiger partial charge in [-0.05, 0) is 5.41 Å². The molecule has 0 spiro atoms. The van der Waals surface area contributed by atoms with Crippen molar-refractivity contribution in [1.29, 1.82) is 0 Å². The molecule has 1 heteroatoms. The van der Waals surface area contributed by atoms with E-state index in [4.69, 9.17) is 0 Å². The molecule has 38 valence electrons. The second-order valence-corrected chi connectivity index (χ2v) is 3.62. The highest BCUT2D eigenvalue weighted by Crippen LogP contribution is 2.15. The highest BCUT2D eigenvalue weighted by Gasteiger charge is 2.03. The summed E-state index contributed by atoms with van der Waals surface area (Å²) in [5.74, 6) is 0. The molecule has 0 bridgehead atoms. The van der Waals surface area contributed by atoms with Crippen molar-refractivity contribution in [2.24, 2.45) is 5.41 Å². The molecule has 0 aliphatic carbocycles. The van der Waals surface area contributed by atoms with Gasteiger partial charge in [0.25, 0.3) is 0 Å². The molecule has 0 rings (SSSR count). The van der Waals surface area contributed by atoms with E-state index in [-0.39, 0.29) is 0 Å². The zero-order chi connectivity index (χ0) is 5.21. The third-order valence-corrected chi connectivity index (χ3v) is 3.18. The predicted octanol–water partition coefficient (Wildman–Crippen LogP) is 0.816. The Labute approximate surface area is 43.4 Å². The first-order chi connectivity index (χ1) is 2.56. The fourth-order valence-electron chi connectivity index (χ4n) is 0. The van der Waals surface area contributed by atoms with Crippen molar-refractivity contribution in [3.8, 4) is 0 Å². The second-order valence-electron chi connectivity index (χ2n) is 2.91. The Hall–Kier alpha value is 0.217. The summed E-state index contributed by atoms with van der Waals surface area (Å²) in [5, 5.41) is 0. The Morgan fingerprint density at radius 3 is 1.50 bits per heavy atom. The summed E-state index contributed by atoms with van der Waals surface area (Å²) in [4.78, 5) is 0. The van der Waals surface area contributed by atoms with Gasteiger partial charge in [-0.3, -0.25) is 0 Å². The number of hydrogen-bond donors (Lipinski definition) is 0. The van der Waals surface area contributed by atoms with Gasteiger partial charge in [0.2, 0.25) is 0 Å². The van der Waals surface area contributed by atoms with Crippen LogP contribution in [0.1, 0.15) is 20.8 Å². The molecule has 0 saturated heterocycles. The van der Waals surface area contributed by atoms with Crippen LogP contribution in [-0.2, 0) is 0 Å². The lowest BCUT2D eigenvalue weighted by Crippen LogP contribution is -2.01. The quantitative estimate of drug-likeness (QED) is 0.397. The van der Waals surface area contributed by atoms with Crippen LogP contribution in [0.5, 0.6) is 0 Å². The SMILES string of the molecule is CC(C)(C)C[SiH3]. The maximum Gasteiger partial charge on any atom is 0.00346 e. The molecule has 0 amide bonds. The summed E-state index contributed by atoms with van der Waals surface area (Å²) < 4.78 is 0. The first-order valence-corrected chi connectivity index (χ1v) is 3.97. The van der Waals surface area contributed by atoms with Crippen LogP contribution in [0.4, 0.5) is 0 Å². The van der Waals surface area contributed by atoms with Crippen LogP contribution >= 0.6 is 0 Å². The van der Waals surface area contributed by atoms with E-state index < -0.39 is 0 Å². The van der Waals surface area contributed by atoms with Crippen LogP contribution in [0.25, 0.3) is 0 Å². The van der Waals surface area contributed by atoms with Crippen molar-refractivity contribution in [3.05, 3.63) is 0 Å². The van der Waals surface area contributed by atoms with E-state index in [0.29, 0.717) is 5.41 Å². The van der Waals surface area contributed by atoms with E-state index in [1.165, 1.54) is 16.3 Å². The summed E-state index contributed by atoms with van der Waals surface area (Å²) in [6.07, 6.45) is 0. The van der Waals surface area contributed by atoms with Gasteiger partial charge in [0.1, 0.15) is 0 Å². The molecular weight excluding hydrogens is 88.1 g/mol. The average Bonchev–Trinajstić information content (AvgIpc) is 1.35. The van der Waals surface area contributed by atoms with Crippen LogP contribution in [0.3, 0.4) is 0 Å². The van der Waals surface area contributed by atoms with Gasteiger partial charge in [0.15, 0.2) is 0 Å². The molecule has 0 aromatic carbocycles. The van der Waals surface area contributed by atoms with Gasteiger partial charge in [-0.1, -0.05) is 26.8 Å². The first-order valence-electron chi connectivity index (χ1n) is 2.56. The van der Waals surface area contributed by atoms with Gasteiger partial charge in [-0.15, -0.1) is 0 Å². The lowest BCUT2D eigenvalue weighted by atomic mass is 10.0. The molecule has 0 heterocycles. The van der Waals surface area contributed by atoms with Crippen LogP contribution in [-0.4, -0.2) is 10.2 Å². The molecule has 0 unspecified atom stereocenters. The third kappa shape index (κ3) is 4.22. The largest absolute Gasteiger partial charge is 0.0611 e. The van der Waals surface area contributed by atoms with Crippen LogP contribution < -0.4 is 0 Å². The normalized spacial score (nSPS) is 12.5. The van der Waals surface area contributed by atoms with Crippen LogP contribution in [0, 0.1) is 5.41 Å². The average molecular weight is 102 g/mol. The Morgan fingerprint density at radius 2 is 1.50 bits per heavy atom. The molecular formula is C5H14Si. The molecule has 0 aromatic heterocycles. The molecule has 0 N–H and O–H groups in total.